The van der Waals surface area contributed by atoms with Gasteiger partial charge in [-0.2, -0.15) is 0 Å². The summed E-state index contributed by atoms with van der Waals surface area (Å²) >= 11 is 0. The average Bonchev–Trinajstić information content (AvgIpc) is 2.31. The molecule has 0 fully saturated rings. The van der Waals surface area contributed by atoms with Gasteiger partial charge < -0.3 is 4.55 Å². The van der Waals surface area contributed by atoms with Crippen LogP contribution in [0.15, 0.2) is 11.4 Å². The molecule has 0 saturated heterocycles. The van der Waals surface area contributed by atoms with E-state index in [-0.39, 0.29) is 0 Å². The Morgan fingerprint density at radius 2 is 2.08 bits per heavy atom. The summed E-state index contributed by atoms with van der Waals surface area (Å²) in [7, 11) is -1.02. The number of aromatic nitrogens is 2. The van der Waals surface area contributed by atoms with Gasteiger partial charge in [-0.25, -0.2) is 9.97 Å². The van der Waals surface area contributed by atoms with Crippen molar-refractivity contribution in [1.29, 1.82) is 0 Å². The second kappa shape index (κ2) is 2.50. The van der Waals surface area contributed by atoms with Crippen molar-refractivity contribution in [3.05, 3.63) is 23.0 Å². The summed E-state index contributed by atoms with van der Waals surface area (Å²) in [6.45, 7) is 3.70. The van der Waals surface area contributed by atoms with Crippen molar-refractivity contribution in [3.63, 3.8) is 0 Å². The van der Waals surface area contributed by atoms with Gasteiger partial charge in [0.05, 0.1) is 0 Å². The lowest BCUT2D eigenvalue weighted by atomic mass is 10.4. The molecule has 2 rings (SSSR count). The largest absolute Gasteiger partial charge is 0.590 e. The van der Waals surface area contributed by atoms with E-state index in [0.717, 1.165) is 21.7 Å². The molecule has 3 nitrogen and oxygen atoms in total. The summed E-state index contributed by atoms with van der Waals surface area (Å²) < 4.78 is 12.1. The molecule has 2 heterocycles. The highest BCUT2D eigenvalue weighted by Crippen LogP contribution is 2.28. The van der Waals surface area contributed by atoms with E-state index in [2.05, 4.69) is 9.97 Å². The fraction of sp³-hybridized carbons (Fsp3) is 0.250. The van der Waals surface area contributed by atoms with E-state index in [1.807, 2.05) is 13.8 Å². The van der Waals surface area contributed by atoms with E-state index < -0.39 is 10.8 Å². The van der Waals surface area contributed by atoms with Gasteiger partial charge in [-0.05, 0) is 24.6 Å². The zero-order chi connectivity index (χ0) is 8.72. The lowest BCUT2D eigenvalue weighted by Gasteiger charge is -1.95. The molecule has 0 spiro atoms. The van der Waals surface area contributed by atoms with Gasteiger partial charge in [0.15, 0.2) is 0 Å². The zero-order valence-electron chi connectivity index (χ0n) is 6.87. The van der Waals surface area contributed by atoms with Crippen LogP contribution >= 0.6 is 10.8 Å². The zero-order valence-corrected chi connectivity index (χ0v) is 7.68. The minimum Gasteiger partial charge on any atom is -0.590 e. The molecule has 4 heteroatoms. The van der Waals surface area contributed by atoms with Gasteiger partial charge in [0.25, 0.3) is 0 Å². The molecule has 0 N–H and O–H groups in total. The Kier molecular flexibility index (Phi) is 1.59. The number of thiophene rings is 1. The molecule has 62 valence electrons. The van der Waals surface area contributed by atoms with E-state index in [1.165, 1.54) is 0 Å². The van der Waals surface area contributed by atoms with Gasteiger partial charge in [0, 0.05) is 6.07 Å². The Morgan fingerprint density at radius 1 is 1.33 bits per heavy atom. The van der Waals surface area contributed by atoms with Crippen molar-refractivity contribution in [2.75, 3.05) is 0 Å². The van der Waals surface area contributed by atoms with Gasteiger partial charge in [0.2, 0.25) is 4.70 Å². The maximum absolute atomic E-state index is 11.3. The molecule has 1 unspecified atom stereocenters. The first-order valence-electron chi connectivity index (χ1n) is 3.62. The van der Waals surface area contributed by atoms with Gasteiger partial charge in [0.1, 0.15) is 22.4 Å². The number of hydrogen-bond donors (Lipinski definition) is 0. The quantitative estimate of drug-likeness (QED) is 0.582. The lowest BCUT2D eigenvalue weighted by Crippen LogP contribution is -1.90. The maximum Gasteiger partial charge on any atom is 0.219 e. The van der Waals surface area contributed by atoms with E-state index in [4.69, 9.17) is 0 Å². The van der Waals surface area contributed by atoms with Crippen LogP contribution in [0.1, 0.15) is 11.5 Å². The van der Waals surface area contributed by atoms with Crippen LogP contribution in [0.5, 0.6) is 0 Å². The van der Waals surface area contributed by atoms with E-state index in [1.54, 1.807) is 11.4 Å². The van der Waals surface area contributed by atoms with Crippen LogP contribution in [0, 0.1) is 13.8 Å². The molecule has 0 aliphatic carbocycles. The number of fused-ring (bicyclic) bond motifs is 1. The average molecular weight is 180 g/mol. The van der Waals surface area contributed by atoms with Crippen molar-refractivity contribution in [2.45, 2.75) is 13.8 Å². The monoisotopic (exact) mass is 180 g/mol. The normalized spacial score (nSPS) is 12.4. The standard InChI is InChI=1S/C8H8N2OS/c1-5-8-7(3-4-12(8)11)10-6(2)9-5/h3-4H,1-2H3. The highest BCUT2D eigenvalue weighted by Gasteiger charge is 2.10. The molecule has 0 aliphatic rings. The third kappa shape index (κ3) is 1.00. The molecule has 2 aromatic rings. The minimum absolute atomic E-state index is 0.731. The van der Waals surface area contributed by atoms with Crippen molar-refractivity contribution in [1.82, 2.24) is 9.97 Å². The molecule has 0 bridgehead atoms. The van der Waals surface area contributed by atoms with Crippen LogP contribution in [0.3, 0.4) is 0 Å². The van der Waals surface area contributed by atoms with Gasteiger partial charge >= 0.3 is 0 Å². The SMILES string of the molecule is Cc1nc(C)c2c(cc[s+]2[O-])n1. The number of hydrogen-bond acceptors (Lipinski definition) is 3. The molecule has 2 aromatic heterocycles. The molecule has 0 aromatic carbocycles. The van der Waals surface area contributed by atoms with Crippen molar-refractivity contribution in [2.24, 2.45) is 0 Å². The Morgan fingerprint density at radius 3 is 2.83 bits per heavy atom. The highest BCUT2D eigenvalue weighted by atomic mass is 32.2. The summed E-state index contributed by atoms with van der Waals surface area (Å²) in [4.78, 5) is 8.33. The Hall–Kier alpha value is -1.00. The van der Waals surface area contributed by atoms with Crippen molar-refractivity contribution < 1.29 is 4.55 Å². The van der Waals surface area contributed by atoms with Crippen molar-refractivity contribution in [3.8, 4) is 0 Å². The second-order valence-electron chi connectivity index (χ2n) is 2.67. The van der Waals surface area contributed by atoms with Crippen LogP contribution in [-0.4, -0.2) is 14.5 Å². The summed E-state index contributed by atoms with van der Waals surface area (Å²) in [5.74, 6) is 0.731. The molecular formula is C8H8N2OS. The fourth-order valence-corrected chi connectivity index (χ4v) is 2.33. The Labute approximate surface area is 72.9 Å². The third-order valence-corrected chi connectivity index (χ3v) is 3.01. The van der Waals surface area contributed by atoms with E-state index in [0.29, 0.717) is 0 Å². The summed E-state index contributed by atoms with van der Waals surface area (Å²) in [5, 5.41) is 1.64. The smallest absolute Gasteiger partial charge is 0.219 e. The van der Waals surface area contributed by atoms with Gasteiger partial charge in [-0.15, -0.1) is 0 Å². The second-order valence-corrected chi connectivity index (χ2v) is 3.95. The topological polar surface area (TPSA) is 48.8 Å². The lowest BCUT2D eigenvalue weighted by molar-refractivity contribution is 0.600. The third-order valence-electron chi connectivity index (χ3n) is 1.72. The Bertz CT molecular complexity index is 436. The number of aryl methyl sites for hydroxylation is 2. The summed E-state index contributed by atoms with van der Waals surface area (Å²) in [6, 6.07) is 1.78. The van der Waals surface area contributed by atoms with Crippen molar-refractivity contribution >= 4 is 21.0 Å². The molecular weight excluding hydrogens is 172 g/mol. The molecule has 0 aliphatic heterocycles. The maximum atomic E-state index is 11.3. The van der Waals surface area contributed by atoms with Crippen LogP contribution in [0.2, 0.25) is 0 Å². The summed E-state index contributed by atoms with van der Waals surface area (Å²) in [5.41, 5.74) is 1.62. The predicted molar refractivity (Wildman–Crippen MR) is 47.7 cm³/mol. The fourth-order valence-electron chi connectivity index (χ4n) is 1.28. The first kappa shape index (κ1) is 7.64. The van der Waals surface area contributed by atoms with Crippen LogP contribution in [0.25, 0.3) is 10.2 Å². The molecule has 0 radical (unpaired) electrons. The predicted octanol–water partition coefficient (Wildman–Crippen LogP) is 1.97. The number of rotatable bonds is 0. The Balaban J connectivity index is 2.93. The van der Waals surface area contributed by atoms with Gasteiger partial charge in [-0.1, -0.05) is 0 Å². The first-order chi connectivity index (χ1) is 5.68. The highest BCUT2D eigenvalue weighted by molar-refractivity contribution is 7.30. The molecule has 12 heavy (non-hydrogen) atoms. The summed E-state index contributed by atoms with van der Waals surface area (Å²) in [6.07, 6.45) is 0. The molecule has 0 saturated carbocycles. The van der Waals surface area contributed by atoms with Gasteiger partial charge in [-0.3, -0.25) is 0 Å². The van der Waals surface area contributed by atoms with Crippen LogP contribution in [-0.2, 0) is 0 Å². The first-order valence-corrected chi connectivity index (χ1v) is 4.84. The minimum atomic E-state index is -1.02. The number of nitrogens with zero attached hydrogens (tertiary/aromatic N) is 2. The van der Waals surface area contributed by atoms with E-state index in [9.17, 15) is 4.55 Å². The van der Waals surface area contributed by atoms with Crippen LogP contribution < -0.4 is 0 Å². The molecule has 1 atom stereocenters. The van der Waals surface area contributed by atoms with Crippen LogP contribution in [0.4, 0.5) is 0 Å². The molecule has 0 amide bonds. The van der Waals surface area contributed by atoms with E-state index >= 15 is 0 Å².